The molecule has 0 spiro atoms. The summed E-state index contributed by atoms with van der Waals surface area (Å²) in [5.41, 5.74) is 4.25. The van der Waals surface area contributed by atoms with Crippen molar-refractivity contribution in [2.45, 2.75) is 52.9 Å². The second-order valence-corrected chi connectivity index (χ2v) is 7.75. The molecule has 4 aromatic rings. The van der Waals surface area contributed by atoms with Crippen LogP contribution in [0, 0.1) is 13.8 Å². The van der Waals surface area contributed by atoms with Crippen LogP contribution in [-0.2, 0) is 6.42 Å². The van der Waals surface area contributed by atoms with E-state index in [4.69, 9.17) is 0 Å². The van der Waals surface area contributed by atoms with E-state index in [1.54, 1.807) is 0 Å². The molecule has 132 valence electrons. The maximum Gasteiger partial charge on any atom is -0.00988 e. The summed E-state index contributed by atoms with van der Waals surface area (Å²) in [5.74, 6) is 0. The maximum absolute atomic E-state index is 2.44. The molecular formula is C26H28. The first-order chi connectivity index (χ1) is 12.7. The van der Waals surface area contributed by atoms with Crippen LogP contribution in [0.4, 0.5) is 0 Å². The van der Waals surface area contributed by atoms with Gasteiger partial charge in [0.05, 0.1) is 0 Å². The van der Waals surface area contributed by atoms with Crippen molar-refractivity contribution >= 4 is 32.3 Å². The van der Waals surface area contributed by atoms with E-state index in [0.717, 1.165) is 0 Å². The van der Waals surface area contributed by atoms with Crippen LogP contribution in [0.3, 0.4) is 0 Å². The van der Waals surface area contributed by atoms with Gasteiger partial charge in [-0.1, -0.05) is 68.7 Å². The topological polar surface area (TPSA) is 0 Å². The van der Waals surface area contributed by atoms with Gasteiger partial charge in [0.25, 0.3) is 0 Å². The summed E-state index contributed by atoms with van der Waals surface area (Å²) in [6.07, 6.45) is 6.44. The fourth-order valence-electron chi connectivity index (χ4n) is 4.16. The van der Waals surface area contributed by atoms with Crippen molar-refractivity contribution in [3.8, 4) is 0 Å². The Morgan fingerprint density at radius 2 is 1.31 bits per heavy atom. The highest BCUT2D eigenvalue weighted by atomic mass is 14.1. The van der Waals surface area contributed by atoms with Gasteiger partial charge in [-0.25, -0.2) is 0 Å². The molecule has 0 aliphatic heterocycles. The van der Waals surface area contributed by atoms with E-state index in [2.05, 4.69) is 75.4 Å². The van der Waals surface area contributed by atoms with Crippen LogP contribution < -0.4 is 0 Å². The lowest BCUT2D eigenvalue weighted by molar-refractivity contribution is 0.668. The van der Waals surface area contributed by atoms with Gasteiger partial charge in [-0.3, -0.25) is 0 Å². The number of hydrogen-bond donors (Lipinski definition) is 0. The van der Waals surface area contributed by atoms with Gasteiger partial charge in [0.2, 0.25) is 0 Å². The summed E-state index contributed by atoms with van der Waals surface area (Å²) in [7, 11) is 0. The number of unbranched alkanes of at least 4 members (excludes halogenated alkanes) is 3. The molecule has 0 fully saturated rings. The lowest BCUT2D eigenvalue weighted by Crippen LogP contribution is -1.91. The summed E-state index contributed by atoms with van der Waals surface area (Å²) in [5, 5.41) is 8.29. The Hall–Kier alpha value is -2.34. The minimum absolute atomic E-state index is 1.18. The third kappa shape index (κ3) is 3.09. The quantitative estimate of drug-likeness (QED) is 0.197. The average molecular weight is 341 g/mol. The molecule has 0 amide bonds. The van der Waals surface area contributed by atoms with Crippen LogP contribution >= 0.6 is 0 Å². The van der Waals surface area contributed by atoms with E-state index in [0.29, 0.717) is 0 Å². The van der Waals surface area contributed by atoms with Gasteiger partial charge in [0.15, 0.2) is 0 Å². The summed E-state index contributed by atoms with van der Waals surface area (Å²) in [6, 6.07) is 20.8. The first-order valence-corrected chi connectivity index (χ1v) is 10.0. The fourth-order valence-corrected chi connectivity index (χ4v) is 4.16. The van der Waals surface area contributed by atoms with Gasteiger partial charge in [0, 0.05) is 0 Å². The van der Waals surface area contributed by atoms with E-state index in [-0.39, 0.29) is 0 Å². The predicted octanol–water partition coefficient (Wildman–Crippen LogP) is 7.89. The fraction of sp³-hybridized carbons (Fsp3) is 0.308. The van der Waals surface area contributed by atoms with Crippen molar-refractivity contribution in [1.82, 2.24) is 0 Å². The highest BCUT2D eigenvalue weighted by Gasteiger charge is 2.08. The molecule has 0 radical (unpaired) electrons. The molecule has 0 saturated heterocycles. The largest absolute Gasteiger partial charge is 0.0654 e. The van der Waals surface area contributed by atoms with Gasteiger partial charge >= 0.3 is 0 Å². The first kappa shape index (κ1) is 17.1. The van der Waals surface area contributed by atoms with Crippen molar-refractivity contribution in [2.75, 3.05) is 0 Å². The van der Waals surface area contributed by atoms with Crippen molar-refractivity contribution in [1.29, 1.82) is 0 Å². The van der Waals surface area contributed by atoms with Crippen molar-refractivity contribution in [3.05, 3.63) is 71.3 Å². The van der Waals surface area contributed by atoms with Crippen LogP contribution in [0.1, 0.15) is 49.3 Å². The Kier molecular flexibility index (Phi) is 4.68. The molecule has 0 N–H and O–H groups in total. The number of aryl methyl sites for hydroxylation is 3. The zero-order valence-electron chi connectivity index (χ0n) is 16.2. The predicted molar refractivity (Wildman–Crippen MR) is 116 cm³/mol. The van der Waals surface area contributed by atoms with E-state index < -0.39 is 0 Å². The third-order valence-electron chi connectivity index (χ3n) is 5.81. The monoisotopic (exact) mass is 340 g/mol. The normalized spacial score (nSPS) is 11.7. The van der Waals surface area contributed by atoms with Crippen molar-refractivity contribution in [2.24, 2.45) is 0 Å². The minimum atomic E-state index is 1.18. The van der Waals surface area contributed by atoms with Crippen LogP contribution in [0.2, 0.25) is 0 Å². The zero-order chi connectivity index (χ0) is 18.1. The number of fused-ring (bicyclic) bond motifs is 4. The number of benzene rings is 4. The molecule has 0 atom stereocenters. The molecule has 0 heterocycles. The van der Waals surface area contributed by atoms with Gasteiger partial charge in [-0.15, -0.1) is 0 Å². The van der Waals surface area contributed by atoms with Crippen molar-refractivity contribution in [3.63, 3.8) is 0 Å². The van der Waals surface area contributed by atoms with E-state index >= 15 is 0 Å². The van der Waals surface area contributed by atoms with Crippen molar-refractivity contribution < 1.29 is 0 Å². The maximum atomic E-state index is 2.44. The number of rotatable bonds is 5. The molecule has 0 nitrogen and oxygen atoms in total. The molecular weight excluding hydrogens is 312 g/mol. The Balaban J connectivity index is 1.91. The SMILES string of the molecule is CCCCCCc1cc2cc3cc(C)c(C)cc3cc2c2ccccc12. The van der Waals surface area contributed by atoms with E-state index in [1.165, 1.54) is 81.1 Å². The van der Waals surface area contributed by atoms with Crippen LogP contribution in [-0.4, -0.2) is 0 Å². The summed E-state index contributed by atoms with van der Waals surface area (Å²) in [4.78, 5) is 0. The van der Waals surface area contributed by atoms with Crippen LogP contribution in [0.5, 0.6) is 0 Å². The Morgan fingerprint density at radius 1 is 0.615 bits per heavy atom. The van der Waals surface area contributed by atoms with Gasteiger partial charge in [-0.2, -0.15) is 0 Å². The molecule has 0 bridgehead atoms. The Bertz CT molecular complexity index is 1090. The third-order valence-corrected chi connectivity index (χ3v) is 5.81. The Morgan fingerprint density at radius 3 is 2.04 bits per heavy atom. The van der Waals surface area contributed by atoms with E-state index in [9.17, 15) is 0 Å². The second-order valence-electron chi connectivity index (χ2n) is 7.75. The minimum Gasteiger partial charge on any atom is -0.0654 e. The molecule has 0 aliphatic rings. The lowest BCUT2D eigenvalue weighted by atomic mass is 9.92. The smallest absolute Gasteiger partial charge is 0.00988 e. The Labute approximate surface area is 156 Å². The van der Waals surface area contributed by atoms with Gasteiger partial charge < -0.3 is 0 Å². The molecule has 4 rings (SSSR count). The van der Waals surface area contributed by atoms with Crippen LogP contribution in [0.25, 0.3) is 32.3 Å². The molecule has 0 aromatic heterocycles. The molecule has 0 heteroatoms. The van der Waals surface area contributed by atoms with Crippen LogP contribution in [0.15, 0.2) is 54.6 Å². The van der Waals surface area contributed by atoms with E-state index in [1.807, 2.05) is 0 Å². The molecule has 0 unspecified atom stereocenters. The number of hydrogen-bond acceptors (Lipinski definition) is 0. The summed E-state index contributed by atoms with van der Waals surface area (Å²) >= 11 is 0. The highest BCUT2D eigenvalue weighted by Crippen LogP contribution is 2.33. The van der Waals surface area contributed by atoms with Gasteiger partial charge in [-0.05, 0) is 87.8 Å². The van der Waals surface area contributed by atoms with Gasteiger partial charge in [0.1, 0.15) is 0 Å². The first-order valence-electron chi connectivity index (χ1n) is 10.0. The highest BCUT2D eigenvalue weighted by molar-refractivity contribution is 6.13. The lowest BCUT2D eigenvalue weighted by Gasteiger charge is -2.13. The second kappa shape index (κ2) is 7.11. The molecule has 4 aromatic carbocycles. The summed E-state index contributed by atoms with van der Waals surface area (Å²) < 4.78 is 0. The molecule has 0 saturated carbocycles. The standard InChI is InChI=1S/C26H28/c1-4-5-6-7-10-20-15-23-16-21-13-18(2)19(3)14-22(21)17-26(23)25-12-9-8-11-24(20)25/h8-9,11-17H,4-7,10H2,1-3H3. The summed E-state index contributed by atoms with van der Waals surface area (Å²) in [6.45, 7) is 6.69. The average Bonchev–Trinajstić information content (AvgIpc) is 2.65. The molecule has 26 heavy (non-hydrogen) atoms. The molecule has 0 aliphatic carbocycles. The zero-order valence-corrected chi connectivity index (χ0v) is 16.2.